The average Bonchev–Trinajstić information content (AvgIpc) is 4.02. The zero-order valence-electron chi connectivity index (χ0n) is 36.2. The van der Waals surface area contributed by atoms with Gasteiger partial charge in [-0.3, -0.25) is 9.80 Å². The Balaban J connectivity index is 1.18. The SMILES string of the molecule is CCCn1c(CN(Cc2nc3ccccc3n2CCC)[C@H]2CCCC[C@@H]2N(Cc2nc3ccccc3n2CCC)Cc2nc3ccccc3n2CCC)nc2ccccc21. The van der Waals surface area contributed by atoms with Gasteiger partial charge in [-0.2, -0.15) is 0 Å². The van der Waals surface area contributed by atoms with Crippen LogP contribution in [0.2, 0.25) is 0 Å². The molecule has 1 aliphatic rings. The van der Waals surface area contributed by atoms with Crippen LogP contribution in [-0.2, 0) is 52.4 Å². The van der Waals surface area contributed by atoms with Gasteiger partial charge in [0.2, 0.25) is 0 Å². The molecule has 9 rings (SSSR count). The minimum absolute atomic E-state index is 0.261. The third-order valence-corrected chi connectivity index (χ3v) is 12.7. The van der Waals surface area contributed by atoms with Crippen LogP contribution in [0.4, 0.5) is 0 Å². The summed E-state index contributed by atoms with van der Waals surface area (Å²) in [6.07, 6.45) is 8.83. The molecule has 10 nitrogen and oxygen atoms in total. The molecule has 1 saturated carbocycles. The second kappa shape index (κ2) is 18.1. The normalized spacial score (nSPS) is 16.2. The van der Waals surface area contributed by atoms with E-state index < -0.39 is 0 Å². The van der Waals surface area contributed by atoms with Gasteiger partial charge in [0.1, 0.15) is 23.3 Å². The van der Waals surface area contributed by atoms with Gasteiger partial charge in [0, 0.05) is 38.3 Å². The van der Waals surface area contributed by atoms with Crippen molar-refractivity contribution in [2.45, 2.75) is 144 Å². The number of nitrogens with zero attached hydrogens (tertiary/aromatic N) is 10. The van der Waals surface area contributed by atoms with Crippen molar-refractivity contribution in [3.8, 4) is 0 Å². The van der Waals surface area contributed by atoms with E-state index in [1.165, 1.54) is 34.9 Å². The maximum atomic E-state index is 5.38. The van der Waals surface area contributed by atoms with E-state index in [-0.39, 0.29) is 12.1 Å². The number of aryl methyl sites for hydroxylation is 4. The van der Waals surface area contributed by atoms with Gasteiger partial charge in [-0.05, 0) is 87.1 Å². The molecule has 60 heavy (non-hydrogen) atoms. The highest BCUT2D eigenvalue weighted by Gasteiger charge is 2.37. The van der Waals surface area contributed by atoms with Crippen LogP contribution in [0, 0.1) is 0 Å². The first-order valence-corrected chi connectivity index (χ1v) is 22.8. The fraction of sp³-hybridized carbons (Fsp3) is 0.440. The van der Waals surface area contributed by atoms with Gasteiger partial charge >= 0.3 is 0 Å². The summed E-state index contributed by atoms with van der Waals surface area (Å²) in [5, 5.41) is 0. The molecule has 0 N–H and O–H groups in total. The predicted octanol–water partition coefficient (Wildman–Crippen LogP) is 10.7. The second-order valence-electron chi connectivity index (χ2n) is 16.9. The number of hydrogen-bond donors (Lipinski definition) is 0. The summed E-state index contributed by atoms with van der Waals surface area (Å²) in [5.41, 5.74) is 9.18. The molecule has 2 atom stereocenters. The number of para-hydroxylation sites is 8. The van der Waals surface area contributed by atoms with Crippen molar-refractivity contribution in [1.82, 2.24) is 48.0 Å². The molecule has 0 aliphatic heterocycles. The van der Waals surface area contributed by atoms with Gasteiger partial charge in [0.05, 0.1) is 70.3 Å². The smallest absolute Gasteiger partial charge is 0.124 e. The highest BCUT2D eigenvalue weighted by Crippen LogP contribution is 2.34. The molecule has 10 heteroatoms. The molecule has 0 saturated heterocycles. The Bertz CT molecular complexity index is 2320. The van der Waals surface area contributed by atoms with Crippen LogP contribution < -0.4 is 0 Å². The zero-order valence-corrected chi connectivity index (χ0v) is 36.2. The number of rotatable bonds is 18. The van der Waals surface area contributed by atoms with Gasteiger partial charge in [-0.1, -0.05) is 89.1 Å². The highest BCUT2D eigenvalue weighted by molar-refractivity contribution is 5.78. The standard InChI is InChI=1S/C50H62N10/c1-5-29-57-41-23-13-9-19-37(41)51-47(57)33-55(34-48-52-38-20-10-14-24-42(38)58(48)30-6-2)45-27-17-18-28-46(45)56(35-49-53-39-21-11-15-25-43(39)59(49)31-7-3)36-50-54-40-22-12-16-26-44(40)60(50)32-8-4/h9-16,19-26,45-46H,5-8,17-18,27-36H2,1-4H3/t45-,46-/m0/s1. The first kappa shape index (κ1) is 40.1. The number of fused-ring (bicyclic) bond motifs is 4. The van der Waals surface area contributed by atoms with Crippen LogP contribution >= 0.6 is 0 Å². The van der Waals surface area contributed by atoms with Crippen molar-refractivity contribution in [2.75, 3.05) is 0 Å². The van der Waals surface area contributed by atoms with Crippen LogP contribution in [0.25, 0.3) is 44.1 Å². The minimum atomic E-state index is 0.261. The first-order chi connectivity index (χ1) is 29.6. The zero-order chi connectivity index (χ0) is 41.0. The van der Waals surface area contributed by atoms with Gasteiger partial charge in [-0.15, -0.1) is 0 Å². The van der Waals surface area contributed by atoms with E-state index in [0.717, 1.165) is 136 Å². The van der Waals surface area contributed by atoms with E-state index in [1.54, 1.807) is 0 Å². The summed E-state index contributed by atoms with van der Waals surface area (Å²) in [5.74, 6) is 4.56. The summed E-state index contributed by atoms with van der Waals surface area (Å²) in [4.78, 5) is 27.1. The first-order valence-electron chi connectivity index (χ1n) is 22.8. The third kappa shape index (κ3) is 7.87. The van der Waals surface area contributed by atoms with E-state index in [4.69, 9.17) is 19.9 Å². The Morgan fingerprint density at radius 2 is 0.650 bits per heavy atom. The lowest BCUT2D eigenvalue weighted by molar-refractivity contribution is 0.0228. The van der Waals surface area contributed by atoms with E-state index in [1.807, 2.05) is 0 Å². The predicted molar refractivity (Wildman–Crippen MR) is 245 cm³/mol. The van der Waals surface area contributed by atoms with Crippen LogP contribution in [0.3, 0.4) is 0 Å². The van der Waals surface area contributed by atoms with Gasteiger partial charge < -0.3 is 18.3 Å². The quantitative estimate of drug-likeness (QED) is 0.0860. The fourth-order valence-corrected chi connectivity index (χ4v) is 10.1. The molecule has 4 aromatic heterocycles. The van der Waals surface area contributed by atoms with Crippen LogP contribution in [-0.4, -0.2) is 60.1 Å². The highest BCUT2D eigenvalue weighted by atomic mass is 15.3. The van der Waals surface area contributed by atoms with Crippen molar-refractivity contribution in [3.63, 3.8) is 0 Å². The molecule has 4 heterocycles. The number of hydrogen-bond acceptors (Lipinski definition) is 6. The van der Waals surface area contributed by atoms with Crippen molar-refractivity contribution in [1.29, 1.82) is 0 Å². The monoisotopic (exact) mass is 803 g/mol. The van der Waals surface area contributed by atoms with Crippen molar-refractivity contribution < 1.29 is 0 Å². The molecule has 0 unspecified atom stereocenters. The number of benzene rings is 4. The molecule has 0 bridgehead atoms. The summed E-state index contributed by atoms with van der Waals surface area (Å²) < 4.78 is 9.92. The maximum Gasteiger partial charge on any atom is 0.124 e. The van der Waals surface area contributed by atoms with Crippen LogP contribution in [0.15, 0.2) is 97.1 Å². The Hall–Kier alpha value is -5.32. The van der Waals surface area contributed by atoms with Gasteiger partial charge in [0.15, 0.2) is 0 Å². The lowest BCUT2D eigenvalue weighted by Crippen LogP contribution is -2.53. The molecule has 0 spiro atoms. The third-order valence-electron chi connectivity index (χ3n) is 12.7. The summed E-state index contributed by atoms with van der Waals surface area (Å²) in [6.45, 7) is 15.9. The van der Waals surface area contributed by atoms with Crippen molar-refractivity contribution in [3.05, 3.63) is 120 Å². The van der Waals surface area contributed by atoms with Gasteiger partial charge in [-0.25, -0.2) is 19.9 Å². The Labute approximate surface area is 354 Å². The van der Waals surface area contributed by atoms with Crippen LogP contribution in [0.5, 0.6) is 0 Å². The van der Waals surface area contributed by atoms with Crippen molar-refractivity contribution in [2.24, 2.45) is 0 Å². The fourth-order valence-electron chi connectivity index (χ4n) is 10.1. The molecule has 0 amide bonds. The summed E-state index contributed by atoms with van der Waals surface area (Å²) in [6, 6.07) is 35.2. The molecule has 0 radical (unpaired) electrons. The molecule has 4 aromatic carbocycles. The minimum Gasteiger partial charge on any atom is -0.327 e. The lowest BCUT2D eigenvalue weighted by Gasteiger charge is -2.45. The van der Waals surface area contributed by atoms with E-state index in [0.29, 0.717) is 0 Å². The topological polar surface area (TPSA) is 77.8 Å². The second-order valence-corrected chi connectivity index (χ2v) is 16.9. The Kier molecular flexibility index (Phi) is 12.1. The Morgan fingerprint density at radius 3 is 0.900 bits per heavy atom. The summed E-state index contributed by atoms with van der Waals surface area (Å²) in [7, 11) is 0. The largest absolute Gasteiger partial charge is 0.327 e. The molecular formula is C50H62N10. The van der Waals surface area contributed by atoms with Crippen LogP contribution in [0.1, 0.15) is 102 Å². The van der Waals surface area contributed by atoms with Gasteiger partial charge in [0.25, 0.3) is 0 Å². The Morgan fingerprint density at radius 1 is 0.400 bits per heavy atom. The molecule has 312 valence electrons. The maximum absolute atomic E-state index is 5.38. The summed E-state index contributed by atoms with van der Waals surface area (Å²) >= 11 is 0. The van der Waals surface area contributed by atoms with E-state index >= 15 is 0 Å². The molecule has 8 aromatic rings. The number of aromatic nitrogens is 8. The molecular weight excluding hydrogens is 741 g/mol. The molecule has 1 fully saturated rings. The van der Waals surface area contributed by atoms with E-state index in [2.05, 4.69) is 153 Å². The van der Waals surface area contributed by atoms with Crippen molar-refractivity contribution >= 4 is 44.1 Å². The van der Waals surface area contributed by atoms with E-state index in [9.17, 15) is 0 Å². The lowest BCUT2D eigenvalue weighted by atomic mass is 9.87. The number of imidazole rings is 4. The average molecular weight is 803 g/mol. The molecule has 1 aliphatic carbocycles.